The molecule has 1 fully saturated rings. The molecule has 2 amide bonds. The lowest BCUT2D eigenvalue weighted by molar-refractivity contribution is 0.192. The third kappa shape index (κ3) is 6.67. The van der Waals surface area contributed by atoms with Gasteiger partial charge in [0.2, 0.25) is 0 Å². The Morgan fingerprint density at radius 3 is 2.27 bits per heavy atom. The number of methoxy groups -OCH3 is 1. The van der Waals surface area contributed by atoms with Crippen LogP contribution in [-0.4, -0.2) is 54.2 Å². The standard InChI is InChI=1S/C37H40N6O2/c1-37(2,3)26-13-17-34(45-4)33(23-26)42-36(44)41-30-16-14-27(28-9-5-6-10-29(28)30)25-12-15-32(40-24-25)35(31-11-7-8-18-39-31)43-21-19-38-20-22-43/h5-18,23-24,35,38H,19-22H2,1-4H3,(H2,41,42,44). The maximum absolute atomic E-state index is 13.3. The molecule has 45 heavy (non-hydrogen) atoms. The monoisotopic (exact) mass is 600 g/mol. The van der Waals surface area contributed by atoms with Crippen LogP contribution in [-0.2, 0) is 5.41 Å². The Bertz CT molecular complexity index is 1780. The Morgan fingerprint density at radius 2 is 1.58 bits per heavy atom. The summed E-state index contributed by atoms with van der Waals surface area (Å²) in [7, 11) is 1.60. The van der Waals surface area contributed by atoms with Gasteiger partial charge < -0.3 is 20.7 Å². The van der Waals surface area contributed by atoms with Crippen LogP contribution in [0.5, 0.6) is 5.75 Å². The fourth-order valence-electron chi connectivity index (χ4n) is 5.94. The number of hydrogen-bond acceptors (Lipinski definition) is 6. The van der Waals surface area contributed by atoms with Crippen molar-refractivity contribution in [1.82, 2.24) is 20.2 Å². The molecule has 8 heteroatoms. The number of hydrogen-bond donors (Lipinski definition) is 3. The maximum atomic E-state index is 13.3. The van der Waals surface area contributed by atoms with Gasteiger partial charge in [-0.1, -0.05) is 69.3 Å². The van der Waals surface area contributed by atoms with E-state index in [-0.39, 0.29) is 17.5 Å². The molecule has 0 saturated carbocycles. The van der Waals surface area contributed by atoms with Crippen LogP contribution in [0.25, 0.3) is 21.9 Å². The van der Waals surface area contributed by atoms with Gasteiger partial charge in [-0.25, -0.2) is 4.79 Å². The molecule has 1 aliphatic rings. The van der Waals surface area contributed by atoms with E-state index in [2.05, 4.69) is 70.9 Å². The number of amides is 2. The molecule has 1 saturated heterocycles. The van der Waals surface area contributed by atoms with Crippen molar-refractivity contribution in [3.63, 3.8) is 0 Å². The molecular weight excluding hydrogens is 560 g/mol. The summed E-state index contributed by atoms with van der Waals surface area (Å²) in [6.45, 7) is 10.2. The normalized spacial score (nSPS) is 14.6. The molecule has 0 aliphatic carbocycles. The third-order valence-electron chi connectivity index (χ3n) is 8.35. The number of urea groups is 1. The number of nitrogens with zero attached hydrogens (tertiary/aromatic N) is 3. The second kappa shape index (κ2) is 13.1. The number of benzene rings is 3. The fraction of sp³-hybridized carbons (Fsp3) is 0.270. The lowest BCUT2D eigenvalue weighted by Crippen LogP contribution is -2.45. The minimum atomic E-state index is -0.336. The van der Waals surface area contributed by atoms with Crippen LogP contribution in [0.3, 0.4) is 0 Å². The molecule has 3 aromatic carbocycles. The molecule has 1 unspecified atom stereocenters. The topological polar surface area (TPSA) is 91.4 Å². The van der Waals surface area contributed by atoms with E-state index in [9.17, 15) is 4.79 Å². The number of nitrogens with one attached hydrogen (secondary N) is 3. The molecule has 0 bridgehead atoms. The highest BCUT2D eigenvalue weighted by molar-refractivity contribution is 6.10. The number of pyridine rings is 2. The highest BCUT2D eigenvalue weighted by Crippen LogP contribution is 2.35. The molecule has 6 rings (SSSR count). The highest BCUT2D eigenvalue weighted by Gasteiger charge is 2.26. The van der Waals surface area contributed by atoms with Crippen molar-refractivity contribution in [2.24, 2.45) is 0 Å². The molecule has 3 heterocycles. The van der Waals surface area contributed by atoms with Gasteiger partial charge in [0.15, 0.2) is 0 Å². The lowest BCUT2D eigenvalue weighted by Gasteiger charge is -2.34. The summed E-state index contributed by atoms with van der Waals surface area (Å²) in [5.41, 5.74) is 6.42. The zero-order valence-electron chi connectivity index (χ0n) is 26.3. The van der Waals surface area contributed by atoms with Crippen LogP contribution < -0.4 is 20.7 Å². The van der Waals surface area contributed by atoms with Crippen molar-refractivity contribution in [3.8, 4) is 16.9 Å². The zero-order chi connectivity index (χ0) is 31.4. The largest absolute Gasteiger partial charge is 0.495 e. The summed E-state index contributed by atoms with van der Waals surface area (Å²) in [6.07, 6.45) is 3.80. The van der Waals surface area contributed by atoms with E-state index in [1.807, 2.05) is 73.1 Å². The number of carbonyl (C=O) groups excluding carboxylic acids is 1. The highest BCUT2D eigenvalue weighted by atomic mass is 16.5. The van der Waals surface area contributed by atoms with Gasteiger partial charge >= 0.3 is 6.03 Å². The Balaban J connectivity index is 1.27. The summed E-state index contributed by atoms with van der Waals surface area (Å²) >= 11 is 0. The van der Waals surface area contributed by atoms with Crippen LogP contribution in [0.4, 0.5) is 16.2 Å². The van der Waals surface area contributed by atoms with Crippen LogP contribution in [0.1, 0.15) is 43.8 Å². The van der Waals surface area contributed by atoms with Crippen molar-refractivity contribution < 1.29 is 9.53 Å². The van der Waals surface area contributed by atoms with Crippen molar-refractivity contribution in [2.75, 3.05) is 43.9 Å². The van der Waals surface area contributed by atoms with Crippen LogP contribution >= 0.6 is 0 Å². The molecule has 8 nitrogen and oxygen atoms in total. The first kappa shape index (κ1) is 30.2. The van der Waals surface area contributed by atoms with Gasteiger partial charge in [0.05, 0.1) is 35.9 Å². The SMILES string of the molecule is COc1ccc(C(C)(C)C)cc1NC(=O)Nc1ccc(-c2ccc(C(c3ccccn3)N3CCNCC3)nc2)c2ccccc12. The number of piperazine rings is 1. The number of rotatable bonds is 7. The summed E-state index contributed by atoms with van der Waals surface area (Å²) in [6, 6.07) is 28.0. The van der Waals surface area contributed by atoms with Gasteiger partial charge in [-0.15, -0.1) is 0 Å². The van der Waals surface area contributed by atoms with Crippen LogP contribution in [0.2, 0.25) is 0 Å². The predicted molar refractivity (Wildman–Crippen MR) is 182 cm³/mol. The van der Waals surface area contributed by atoms with E-state index < -0.39 is 0 Å². The van der Waals surface area contributed by atoms with Gasteiger partial charge in [0.25, 0.3) is 0 Å². The van der Waals surface area contributed by atoms with Crippen LogP contribution in [0.15, 0.2) is 97.3 Å². The Hall–Kier alpha value is -4.79. The summed E-state index contributed by atoms with van der Waals surface area (Å²) in [5, 5.41) is 11.5. The first-order valence-corrected chi connectivity index (χ1v) is 15.4. The predicted octanol–water partition coefficient (Wildman–Crippen LogP) is 7.24. The zero-order valence-corrected chi connectivity index (χ0v) is 26.3. The smallest absolute Gasteiger partial charge is 0.323 e. The number of aromatic nitrogens is 2. The van der Waals surface area contributed by atoms with Crippen molar-refractivity contribution in [2.45, 2.75) is 32.2 Å². The summed E-state index contributed by atoms with van der Waals surface area (Å²) in [5.74, 6) is 0.608. The average molecular weight is 601 g/mol. The number of fused-ring (bicyclic) bond motifs is 1. The molecule has 0 radical (unpaired) electrons. The first-order chi connectivity index (χ1) is 21.8. The minimum Gasteiger partial charge on any atom is -0.495 e. The fourth-order valence-corrected chi connectivity index (χ4v) is 5.94. The van der Waals surface area contributed by atoms with Gasteiger partial charge in [-0.3, -0.25) is 14.9 Å². The van der Waals surface area contributed by atoms with E-state index in [1.165, 1.54) is 0 Å². The Kier molecular flexibility index (Phi) is 8.78. The van der Waals surface area contributed by atoms with Crippen molar-refractivity contribution in [1.29, 1.82) is 0 Å². The molecule has 0 spiro atoms. The average Bonchev–Trinajstić information content (AvgIpc) is 3.06. The number of carbonyl (C=O) groups is 1. The molecule has 2 aromatic heterocycles. The number of ether oxygens (including phenoxy) is 1. The van der Waals surface area contributed by atoms with Crippen molar-refractivity contribution in [3.05, 3.63) is 114 Å². The molecular formula is C37H40N6O2. The Labute approximate surface area is 264 Å². The molecule has 230 valence electrons. The molecule has 1 atom stereocenters. The minimum absolute atomic E-state index is 0.00750. The van der Waals surface area contributed by atoms with Gasteiger partial charge in [0.1, 0.15) is 5.75 Å². The second-order valence-corrected chi connectivity index (χ2v) is 12.4. The molecule has 5 aromatic rings. The summed E-state index contributed by atoms with van der Waals surface area (Å²) < 4.78 is 5.52. The van der Waals surface area contributed by atoms with E-state index >= 15 is 0 Å². The summed E-state index contributed by atoms with van der Waals surface area (Å²) in [4.78, 5) is 25.4. The number of anilines is 2. The van der Waals surface area contributed by atoms with Crippen molar-refractivity contribution >= 4 is 28.2 Å². The third-order valence-corrected chi connectivity index (χ3v) is 8.35. The van der Waals surface area contributed by atoms with E-state index in [1.54, 1.807) is 7.11 Å². The first-order valence-electron chi connectivity index (χ1n) is 15.4. The second-order valence-electron chi connectivity index (χ2n) is 12.4. The molecule has 1 aliphatic heterocycles. The lowest BCUT2D eigenvalue weighted by atomic mass is 9.87. The van der Waals surface area contributed by atoms with E-state index in [0.717, 1.165) is 70.7 Å². The van der Waals surface area contributed by atoms with Crippen LogP contribution in [0, 0.1) is 0 Å². The van der Waals surface area contributed by atoms with Gasteiger partial charge in [-0.05, 0) is 58.3 Å². The Morgan fingerprint density at radius 1 is 0.844 bits per heavy atom. The molecule has 3 N–H and O–H groups in total. The quantitative estimate of drug-likeness (QED) is 0.182. The van der Waals surface area contributed by atoms with E-state index in [4.69, 9.17) is 9.72 Å². The van der Waals surface area contributed by atoms with Gasteiger partial charge in [-0.2, -0.15) is 0 Å². The maximum Gasteiger partial charge on any atom is 0.323 e. The van der Waals surface area contributed by atoms with Gasteiger partial charge in [0, 0.05) is 49.5 Å². The van der Waals surface area contributed by atoms with E-state index in [0.29, 0.717) is 11.4 Å².